The third-order valence-corrected chi connectivity index (χ3v) is 7.30. The van der Waals surface area contributed by atoms with E-state index in [0.717, 1.165) is 23.4 Å². The van der Waals surface area contributed by atoms with Crippen LogP contribution < -0.4 is 4.74 Å². The summed E-state index contributed by atoms with van der Waals surface area (Å²) >= 11 is 13.6. The van der Waals surface area contributed by atoms with E-state index in [2.05, 4.69) is 43.0 Å². The maximum Gasteiger partial charge on any atom is 0.138 e. The second kappa shape index (κ2) is 6.50. The summed E-state index contributed by atoms with van der Waals surface area (Å²) in [6.07, 6.45) is 0. The largest absolute Gasteiger partial charge is 0.492 e. The molecule has 0 N–H and O–H groups in total. The highest BCUT2D eigenvalue weighted by atomic mass is 35.5. The number of ether oxygens (including phenoxy) is 1. The smallest absolute Gasteiger partial charge is 0.138 e. The van der Waals surface area contributed by atoms with Crippen LogP contribution in [0.15, 0.2) is 54.6 Å². The molecule has 2 atom stereocenters. The summed E-state index contributed by atoms with van der Waals surface area (Å²) in [4.78, 5) is 2.10. The number of rotatable bonds is 6. The zero-order valence-corrected chi connectivity index (χ0v) is 16.7. The van der Waals surface area contributed by atoms with Gasteiger partial charge in [0.1, 0.15) is 16.7 Å². The molecule has 134 valence electrons. The van der Waals surface area contributed by atoms with Gasteiger partial charge in [-0.15, -0.1) is 0 Å². The second-order valence-corrected chi connectivity index (χ2v) is 8.69. The van der Waals surface area contributed by atoms with Crippen molar-refractivity contribution in [1.82, 2.24) is 4.90 Å². The fourth-order valence-corrected chi connectivity index (χ4v) is 4.84. The van der Waals surface area contributed by atoms with Crippen molar-refractivity contribution in [1.29, 1.82) is 0 Å². The Morgan fingerprint density at radius 2 is 1.36 bits per heavy atom. The zero-order chi connectivity index (χ0) is 18.3. The lowest BCUT2D eigenvalue weighted by atomic mass is 9.84. The van der Waals surface area contributed by atoms with Crippen LogP contribution >= 0.6 is 23.2 Å². The summed E-state index contributed by atoms with van der Waals surface area (Å²) in [6.45, 7) is 5.84. The van der Waals surface area contributed by atoms with Gasteiger partial charge in [-0.3, -0.25) is 0 Å². The second-order valence-electron chi connectivity index (χ2n) is 7.37. The van der Waals surface area contributed by atoms with Crippen LogP contribution in [0.4, 0.5) is 0 Å². The topological polar surface area (TPSA) is 12.5 Å². The fourth-order valence-electron chi connectivity index (χ4n) is 3.74. The number of likely N-dealkylation sites (N-methyl/N-ethyl adjacent to an activating group) is 1. The van der Waals surface area contributed by atoms with Gasteiger partial charge < -0.3 is 9.64 Å². The lowest BCUT2D eigenvalue weighted by molar-refractivity contribution is 0.261. The predicted octanol–water partition coefficient (Wildman–Crippen LogP) is 5.03. The van der Waals surface area contributed by atoms with E-state index in [-0.39, 0.29) is 10.8 Å². The maximum atomic E-state index is 6.81. The number of alkyl halides is 2. The minimum atomic E-state index is -0.853. The van der Waals surface area contributed by atoms with Crippen LogP contribution in [0.3, 0.4) is 0 Å². The van der Waals surface area contributed by atoms with Crippen LogP contribution in [0, 0.1) is 0 Å². The van der Waals surface area contributed by atoms with Crippen molar-refractivity contribution in [2.75, 3.05) is 27.2 Å². The lowest BCUT2D eigenvalue weighted by Crippen LogP contribution is -2.19. The minimum absolute atomic E-state index is 0.336. The molecule has 2 aromatic rings. The number of hydrogen-bond donors (Lipinski definition) is 0. The van der Waals surface area contributed by atoms with Gasteiger partial charge in [-0.05, 0) is 37.4 Å². The van der Waals surface area contributed by atoms with Gasteiger partial charge in [0.15, 0.2) is 0 Å². The van der Waals surface area contributed by atoms with Crippen molar-refractivity contribution in [3.05, 3.63) is 65.7 Å². The Balaban J connectivity index is 1.84. The van der Waals surface area contributed by atoms with Gasteiger partial charge in [-0.25, -0.2) is 0 Å². The molecule has 1 saturated carbocycles. The Morgan fingerprint density at radius 1 is 0.840 bits per heavy atom. The first kappa shape index (κ1) is 18.6. The molecule has 0 amide bonds. The van der Waals surface area contributed by atoms with Crippen LogP contribution in [0.5, 0.6) is 5.75 Å². The molecule has 0 saturated heterocycles. The summed E-state index contributed by atoms with van der Waals surface area (Å²) < 4.78 is 4.93. The Morgan fingerprint density at radius 3 is 1.88 bits per heavy atom. The van der Waals surface area contributed by atoms with Crippen molar-refractivity contribution in [2.45, 2.75) is 29.0 Å². The van der Waals surface area contributed by atoms with E-state index in [1.165, 1.54) is 0 Å². The molecule has 1 fully saturated rings. The molecule has 1 aliphatic carbocycles. The first-order valence-corrected chi connectivity index (χ1v) is 9.32. The average molecular weight is 378 g/mol. The molecule has 0 aromatic heterocycles. The Kier molecular flexibility index (Phi) is 4.83. The van der Waals surface area contributed by atoms with Crippen molar-refractivity contribution >= 4 is 23.2 Å². The quantitative estimate of drug-likeness (QED) is 0.654. The normalized spacial score (nSPS) is 27.3. The summed E-state index contributed by atoms with van der Waals surface area (Å²) in [5, 5.41) is 0. The standard InChI is InChI=1S/C21H25Cl2NO/c1-19(16-8-6-5-7-9-16)20(2,21(19,22)23)17-10-12-18(13-11-17)25-15-14-24(3)4/h5-13H,14-15H2,1-4H3. The highest BCUT2D eigenvalue weighted by molar-refractivity contribution is 6.54. The molecule has 2 unspecified atom stereocenters. The monoisotopic (exact) mass is 377 g/mol. The predicted molar refractivity (Wildman–Crippen MR) is 106 cm³/mol. The molecule has 0 spiro atoms. The van der Waals surface area contributed by atoms with Gasteiger partial charge in [0, 0.05) is 17.4 Å². The van der Waals surface area contributed by atoms with E-state index in [9.17, 15) is 0 Å². The van der Waals surface area contributed by atoms with E-state index < -0.39 is 4.33 Å². The number of halogens is 2. The summed E-state index contributed by atoms with van der Waals surface area (Å²) in [6, 6.07) is 18.4. The van der Waals surface area contributed by atoms with Crippen LogP contribution in [0.1, 0.15) is 25.0 Å². The molecule has 1 aliphatic rings. The summed E-state index contributed by atoms with van der Waals surface area (Å²) in [5.41, 5.74) is 1.60. The first-order chi connectivity index (χ1) is 11.7. The molecule has 3 rings (SSSR count). The summed E-state index contributed by atoms with van der Waals surface area (Å²) in [5.74, 6) is 0.867. The number of hydrogen-bond acceptors (Lipinski definition) is 2. The zero-order valence-electron chi connectivity index (χ0n) is 15.2. The van der Waals surface area contributed by atoms with Gasteiger partial charge in [0.05, 0.1) is 0 Å². The number of benzene rings is 2. The average Bonchev–Trinajstić information content (AvgIpc) is 2.97. The van der Waals surface area contributed by atoms with Gasteiger partial charge >= 0.3 is 0 Å². The highest BCUT2D eigenvalue weighted by Gasteiger charge is 2.82. The van der Waals surface area contributed by atoms with E-state index in [1.807, 2.05) is 44.4 Å². The molecule has 2 nitrogen and oxygen atoms in total. The Labute approximate surface area is 160 Å². The lowest BCUT2D eigenvalue weighted by Gasteiger charge is -2.19. The molecular formula is C21H25Cl2NO. The van der Waals surface area contributed by atoms with E-state index in [0.29, 0.717) is 6.61 Å². The van der Waals surface area contributed by atoms with Gasteiger partial charge in [-0.2, -0.15) is 0 Å². The van der Waals surface area contributed by atoms with Crippen molar-refractivity contribution in [3.8, 4) is 5.75 Å². The van der Waals surface area contributed by atoms with Crippen molar-refractivity contribution in [2.24, 2.45) is 0 Å². The highest BCUT2D eigenvalue weighted by Crippen LogP contribution is 2.77. The molecule has 0 bridgehead atoms. The molecule has 25 heavy (non-hydrogen) atoms. The number of nitrogens with zero attached hydrogens (tertiary/aromatic N) is 1. The maximum absolute atomic E-state index is 6.81. The third-order valence-electron chi connectivity index (χ3n) is 5.78. The third kappa shape index (κ3) is 2.75. The minimum Gasteiger partial charge on any atom is -0.492 e. The van der Waals surface area contributed by atoms with Crippen LogP contribution in [-0.4, -0.2) is 36.5 Å². The van der Waals surface area contributed by atoms with Gasteiger partial charge in [-0.1, -0.05) is 79.5 Å². The van der Waals surface area contributed by atoms with Crippen LogP contribution in [-0.2, 0) is 10.8 Å². The Bertz CT molecular complexity index is 729. The van der Waals surface area contributed by atoms with Crippen molar-refractivity contribution in [3.63, 3.8) is 0 Å². The molecule has 4 heteroatoms. The van der Waals surface area contributed by atoms with Crippen molar-refractivity contribution < 1.29 is 4.74 Å². The van der Waals surface area contributed by atoms with E-state index >= 15 is 0 Å². The van der Waals surface area contributed by atoms with E-state index in [1.54, 1.807) is 0 Å². The molecule has 0 heterocycles. The fraction of sp³-hybridized carbons (Fsp3) is 0.429. The van der Waals surface area contributed by atoms with E-state index in [4.69, 9.17) is 27.9 Å². The van der Waals surface area contributed by atoms with Gasteiger partial charge in [0.25, 0.3) is 0 Å². The Hall–Kier alpha value is -1.22. The van der Waals surface area contributed by atoms with Crippen LogP contribution in [0.25, 0.3) is 0 Å². The molecule has 0 aliphatic heterocycles. The van der Waals surface area contributed by atoms with Gasteiger partial charge in [0.2, 0.25) is 0 Å². The summed E-state index contributed by atoms with van der Waals surface area (Å²) in [7, 11) is 4.07. The molecular weight excluding hydrogens is 353 g/mol. The van der Waals surface area contributed by atoms with Crippen LogP contribution in [0.2, 0.25) is 0 Å². The SMILES string of the molecule is CN(C)CCOc1ccc(C2(C)C(Cl)(Cl)C2(C)c2ccccc2)cc1. The first-order valence-electron chi connectivity index (χ1n) is 8.56. The molecule has 0 radical (unpaired) electrons. The molecule has 2 aromatic carbocycles.